The van der Waals surface area contributed by atoms with Crippen LogP contribution >= 0.6 is 11.3 Å². The third-order valence-electron chi connectivity index (χ3n) is 3.77. The van der Waals surface area contributed by atoms with Crippen molar-refractivity contribution in [2.75, 3.05) is 0 Å². The van der Waals surface area contributed by atoms with Crippen LogP contribution in [-0.2, 0) is 6.42 Å². The van der Waals surface area contributed by atoms with Crippen LogP contribution in [0, 0.1) is 0 Å². The molecule has 1 heterocycles. The summed E-state index contributed by atoms with van der Waals surface area (Å²) < 4.78 is 0. The van der Waals surface area contributed by atoms with Gasteiger partial charge >= 0.3 is 27.5 Å². The summed E-state index contributed by atoms with van der Waals surface area (Å²) in [6.45, 7) is 2.29. The molecule has 0 aromatic carbocycles. The van der Waals surface area contributed by atoms with E-state index in [4.69, 9.17) is 0 Å². The fourth-order valence-corrected chi connectivity index (χ4v) is 3.10. The second-order valence-electron chi connectivity index (χ2n) is 5.62. The molecule has 0 aliphatic carbocycles. The number of unbranched alkanes of at least 4 members (excludes halogenated alkanes) is 11. The Kier molecular flexibility index (Phi) is 18.9. The molecule has 1 aromatic rings. The van der Waals surface area contributed by atoms with E-state index in [9.17, 15) is 0 Å². The summed E-state index contributed by atoms with van der Waals surface area (Å²) in [4.78, 5) is 6.41. The van der Waals surface area contributed by atoms with E-state index in [1.807, 2.05) is 5.51 Å². The molecule has 3 radical (unpaired) electrons. The quantitative estimate of drug-likeness (QED) is 0.262. The molecule has 0 spiro atoms. The minimum atomic E-state index is 1.18. The summed E-state index contributed by atoms with van der Waals surface area (Å²) in [5, 5.41) is 2.18. The third-order valence-corrected chi connectivity index (χ3v) is 4.41. The number of hydrogen-bond donors (Lipinski definition) is 0. The molecule has 0 N–H and O–H groups in total. The molecule has 1 rings (SSSR count). The van der Waals surface area contributed by atoms with E-state index in [0.29, 0.717) is 0 Å². The van der Waals surface area contributed by atoms with Crippen LogP contribution in [0.3, 0.4) is 0 Å². The van der Waals surface area contributed by atoms with Gasteiger partial charge in [0, 0.05) is 5.38 Å². The maximum absolute atomic E-state index is 4.32. The van der Waals surface area contributed by atoms with Crippen LogP contribution in [0.15, 0.2) is 10.9 Å². The van der Waals surface area contributed by atoms with E-state index in [1.54, 1.807) is 33.9 Å². The summed E-state index contributed by atoms with van der Waals surface area (Å²) >= 11 is 3.26. The Labute approximate surface area is 150 Å². The van der Waals surface area contributed by atoms with Gasteiger partial charge in [0.1, 0.15) is 0 Å². The van der Waals surface area contributed by atoms with Crippen molar-refractivity contribution in [1.29, 1.82) is 0 Å². The normalized spacial score (nSPS) is 10.2. The van der Waals surface area contributed by atoms with Crippen molar-refractivity contribution in [2.24, 2.45) is 0 Å². The van der Waals surface area contributed by atoms with Crippen LogP contribution in [0.25, 0.3) is 0 Å². The Morgan fingerprint density at radius 1 is 0.810 bits per heavy atom. The monoisotopic (exact) mass is 416 g/mol. The van der Waals surface area contributed by atoms with E-state index < -0.39 is 0 Å². The molecule has 0 unspecified atom stereocenters. The summed E-state index contributed by atoms with van der Waals surface area (Å²) in [5.41, 5.74) is 3.23. The van der Waals surface area contributed by atoms with Gasteiger partial charge in [-0.15, -0.1) is 11.3 Å². The Morgan fingerprint density at radius 3 is 1.71 bits per heavy atom. The van der Waals surface area contributed by atoms with Crippen LogP contribution in [0.2, 0.25) is 4.94 Å². The summed E-state index contributed by atoms with van der Waals surface area (Å²) in [6, 6.07) is 0. The van der Waals surface area contributed by atoms with Crippen molar-refractivity contribution < 1.29 is 0 Å². The van der Waals surface area contributed by atoms with Crippen LogP contribution in [0.4, 0.5) is 0 Å². The van der Waals surface area contributed by atoms with Gasteiger partial charge in [-0.2, -0.15) is 0 Å². The first-order valence-electron chi connectivity index (χ1n) is 8.80. The molecule has 0 fully saturated rings. The van der Waals surface area contributed by atoms with Crippen LogP contribution < -0.4 is 0 Å². The number of thiazole rings is 1. The van der Waals surface area contributed by atoms with Crippen LogP contribution in [0.5, 0.6) is 0 Å². The zero-order valence-corrected chi connectivity index (χ0v) is 17.9. The van der Waals surface area contributed by atoms with Crippen molar-refractivity contribution in [3.8, 4) is 0 Å². The van der Waals surface area contributed by atoms with Gasteiger partial charge in [-0.25, -0.2) is 4.98 Å². The minimum absolute atomic E-state index is 1.18. The Bertz CT molecular complexity index is 275. The fraction of sp³-hybridized carbons (Fsp3) is 0.833. The van der Waals surface area contributed by atoms with Gasteiger partial charge in [0.15, 0.2) is 0 Å². The van der Waals surface area contributed by atoms with E-state index >= 15 is 0 Å². The molecule has 21 heavy (non-hydrogen) atoms. The summed E-state index contributed by atoms with van der Waals surface area (Å²) in [5.74, 6) is 0. The van der Waals surface area contributed by atoms with Crippen molar-refractivity contribution >= 4 is 33.9 Å². The van der Waals surface area contributed by atoms with Crippen molar-refractivity contribution in [3.63, 3.8) is 0 Å². The molecule has 0 saturated carbocycles. The van der Waals surface area contributed by atoms with Gasteiger partial charge in [0.25, 0.3) is 0 Å². The topological polar surface area (TPSA) is 12.9 Å². The number of aryl methyl sites for hydroxylation is 1. The average molecular weight is 415 g/mol. The Hall–Kier alpha value is 0.429. The number of hydrogen-bond acceptors (Lipinski definition) is 2. The summed E-state index contributed by atoms with van der Waals surface area (Å²) in [7, 11) is 0. The van der Waals surface area contributed by atoms with Crippen molar-refractivity contribution in [3.05, 3.63) is 16.6 Å². The SMILES string of the molecule is CCCCCCCCCCCCCCc1cscn1.[CH3][Sn]. The maximum atomic E-state index is 4.32. The molecule has 3 heteroatoms. The third kappa shape index (κ3) is 15.1. The number of aromatic nitrogens is 1. The Balaban J connectivity index is 0.00000191. The van der Waals surface area contributed by atoms with E-state index in [0.717, 1.165) is 0 Å². The molecule has 0 amide bonds. The van der Waals surface area contributed by atoms with Gasteiger partial charge in [-0.1, -0.05) is 77.6 Å². The molecule has 0 aliphatic rings. The van der Waals surface area contributed by atoms with Gasteiger partial charge in [0.2, 0.25) is 0 Å². The van der Waals surface area contributed by atoms with Gasteiger partial charge in [-0.05, 0) is 12.8 Å². The fourth-order valence-electron chi connectivity index (χ4n) is 2.51. The zero-order valence-electron chi connectivity index (χ0n) is 14.2. The summed E-state index contributed by atoms with van der Waals surface area (Å²) in [6.07, 6.45) is 18.3. The van der Waals surface area contributed by atoms with Gasteiger partial charge in [-0.3, -0.25) is 0 Å². The van der Waals surface area contributed by atoms with Crippen molar-refractivity contribution in [1.82, 2.24) is 4.98 Å². The zero-order chi connectivity index (χ0) is 15.6. The van der Waals surface area contributed by atoms with E-state index in [2.05, 4.69) is 22.2 Å². The molecular weight excluding hydrogens is 381 g/mol. The molecule has 0 atom stereocenters. The van der Waals surface area contributed by atoms with Gasteiger partial charge in [0.05, 0.1) is 11.2 Å². The average Bonchev–Trinajstić information content (AvgIpc) is 3.04. The first-order valence-corrected chi connectivity index (χ1v) is 12.6. The van der Waals surface area contributed by atoms with E-state index in [-0.39, 0.29) is 0 Å². The predicted octanol–water partition coefficient (Wildman–Crippen LogP) is 6.59. The van der Waals surface area contributed by atoms with Crippen LogP contribution in [0.1, 0.15) is 89.7 Å². The number of rotatable bonds is 13. The van der Waals surface area contributed by atoms with Gasteiger partial charge < -0.3 is 0 Å². The molecule has 121 valence electrons. The second kappa shape index (κ2) is 18.5. The molecule has 1 nitrogen and oxygen atoms in total. The molecular formula is C18H34NSSn. The number of nitrogens with zero attached hydrogens (tertiary/aromatic N) is 1. The predicted molar refractivity (Wildman–Crippen MR) is 98.5 cm³/mol. The van der Waals surface area contributed by atoms with Crippen LogP contribution in [-0.4, -0.2) is 27.5 Å². The molecule has 0 bridgehead atoms. The first kappa shape index (κ1) is 21.4. The Morgan fingerprint density at radius 2 is 1.29 bits per heavy atom. The first-order chi connectivity index (χ1) is 10.4. The van der Waals surface area contributed by atoms with E-state index in [1.165, 1.54) is 89.2 Å². The molecule has 1 aromatic heterocycles. The molecule has 0 saturated heterocycles. The second-order valence-corrected chi connectivity index (χ2v) is 6.34. The van der Waals surface area contributed by atoms with Crippen molar-refractivity contribution in [2.45, 2.75) is 95.3 Å². The molecule has 0 aliphatic heterocycles. The standard InChI is InChI=1S/C17H31NS.CH3.Sn/c1-2-3-4-5-6-7-8-9-10-11-12-13-14-17-15-19-16-18-17;;/h15-16H,2-14H2,1H3;1H3;.